The summed E-state index contributed by atoms with van der Waals surface area (Å²) in [6, 6.07) is 2.68. The summed E-state index contributed by atoms with van der Waals surface area (Å²) in [4.78, 5) is 11.7. The van der Waals surface area contributed by atoms with Gasteiger partial charge in [-0.3, -0.25) is 0 Å². The lowest BCUT2D eigenvalue weighted by Gasteiger charge is -2.08. The van der Waals surface area contributed by atoms with Crippen molar-refractivity contribution in [3.63, 3.8) is 0 Å². The van der Waals surface area contributed by atoms with E-state index in [1.807, 2.05) is 6.92 Å². The van der Waals surface area contributed by atoms with E-state index in [4.69, 9.17) is 4.52 Å². The summed E-state index contributed by atoms with van der Waals surface area (Å²) in [7, 11) is 0. The summed E-state index contributed by atoms with van der Waals surface area (Å²) in [6.07, 6.45) is 5.10. The van der Waals surface area contributed by atoms with Crippen molar-refractivity contribution in [2.45, 2.75) is 19.4 Å². The Labute approximate surface area is 113 Å². The minimum Gasteiger partial charge on any atom is -0.337 e. The summed E-state index contributed by atoms with van der Waals surface area (Å²) in [5, 5.41) is 7.93. The Morgan fingerprint density at radius 1 is 1.45 bits per heavy atom. The highest BCUT2D eigenvalue weighted by atomic mass is 19.1. The zero-order valence-corrected chi connectivity index (χ0v) is 10.6. The van der Waals surface area contributed by atoms with Crippen molar-refractivity contribution in [2.75, 3.05) is 0 Å². The number of hydrogen-bond donors (Lipinski definition) is 0. The highest BCUT2D eigenvalue weighted by Gasteiger charge is 2.20. The average Bonchev–Trinajstić information content (AvgIpc) is 3.11. The van der Waals surface area contributed by atoms with Crippen molar-refractivity contribution in [3.05, 3.63) is 42.8 Å². The number of pyridine rings is 1. The van der Waals surface area contributed by atoms with Crippen LogP contribution in [-0.2, 0) is 0 Å². The Morgan fingerprint density at radius 2 is 2.35 bits per heavy atom. The van der Waals surface area contributed by atoms with Crippen LogP contribution in [0.3, 0.4) is 0 Å². The van der Waals surface area contributed by atoms with Gasteiger partial charge in [0.1, 0.15) is 18.7 Å². The zero-order valence-electron chi connectivity index (χ0n) is 10.6. The minimum absolute atomic E-state index is 0.189. The van der Waals surface area contributed by atoms with Gasteiger partial charge < -0.3 is 4.52 Å². The average molecular weight is 274 g/mol. The van der Waals surface area contributed by atoms with E-state index in [0.29, 0.717) is 17.3 Å². The second-order valence-electron chi connectivity index (χ2n) is 4.12. The van der Waals surface area contributed by atoms with Gasteiger partial charge in [0.2, 0.25) is 11.8 Å². The lowest BCUT2D eigenvalue weighted by molar-refractivity contribution is 0.321. The van der Waals surface area contributed by atoms with Gasteiger partial charge in [0.05, 0.1) is 0 Å². The van der Waals surface area contributed by atoms with Crippen LogP contribution in [0.2, 0.25) is 0 Å². The van der Waals surface area contributed by atoms with Crippen LogP contribution in [0.5, 0.6) is 0 Å². The SMILES string of the molecule is CCC(c1nc(-c2ccnc(F)c2)no1)n1cncn1. The van der Waals surface area contributed by atoms with E-state index in [1.54, 1.807) is 17.1 Å². The van der Waals surface area contributed by atoms with E-state index < -0.39 is 5.95 Å². The number of nitrogens with zero attached hydrogens (tertiary/aromatic N) is 6. The lowest BCUT2D eigenvalue weighted by Crippen LogP contribution is -2.10. The summed E-state index contributed by atoms with van der Waals surface area (Å²) in [5.41, 5.74) is 0.515. The molecule has 0 saturated heterocycles. The molecule has 0 aromatic carbocycles. The Kier molecular flexibility index (Phi) is 3.20. The van der Waals surface area contributed by atoms with Crippen LogP contribution in [0.4, 0.5) is 4.39 Å². The maximum atomic E-state index is 13.1. The third-order valence-corrected chi connectivity index (χ3v) is 2.85. The number of aromatic nitrogens is 6. The molecule has 3 aromatic heterocycles. The standard InChI is InChI=1S/C12H11FN6O/c1-2-9(19-7-14-6-16-19)12-17-11(18-20-12)8-3-4-15-10(13)5-8/h3-7,9H,2H2,1H3. The van der Waals surface area contributed by atoms with E-state index >= 15 is 0 Å². The highest BCUT2D eigenvalue weighted by Crippen LogP contribution is 2.22. The van der Waals surface area contributed by atoms with Crippen LogP contribution < -0.4 is 0 Å². The van der Waals surface area contributed by atoms with Crippen molar-refractivity contribution < 1.29 is 8.91 Å². The molecule has 0 fully saturated rings. The van der Waals surface area contributed by atoms with Crippen molar-refractivity contribution in [1.29, 1.82) is 0 Å². The van der Waals surface area contributed by atoms with E-state index in [9.17, 15) is 4.39 Å². The van der Waals surface area contributed by atoms with Gasteiger partial charge in [-0.2, -0.15) is 14.5 Å². The lowest BCUT2D eigenvalue weighted by atomic mass is 10.2. The van der Waals surface area contributed by atoms with Crippen LogP contribution in [0.1, 0.15) is 25.3 Å². The summed E-state index contributed by atoms with van der Waals surface area (Å²) < 4.78 is 20.0. The second-order valence-corrected chi connectivity index (χ2v) is 4.12. The third kappa shape index (κ3) is 2.27. The molecule has 7 nitrogen and oxygen atoms in total. The molecule has 0 amide bonds. The first-order chi connectivity index (χ1) is 9.78. The van der Waals surface area contributed by atoms with Gasteiger partial charge in [-0.15, -0.1) is 0 Å². The Hall–Kier alpha value is -2.64. The van der Waals surface area contributed by atoms with Gasteiger partial charge in [-0.25, -0.2) is 14.6 Å². The van der Waals surface area contributed by atoms with E-state index in [1.165, 1.54) is 18.6 Å². The van der Waals surface area contributed by atoms with Crippen molar-refractivity contribution in [2.24, 2.45) is 0 Å². The van der Waals surface area contributed by atoms with Crippen LogP contribution in [0.25, 0.3) is 11.4 Å². The van der Waals surface area contributed by atoms with Gasteiger partial charge in [-0.05, 0) is 12.5 Å². The van der Waals surface area contributed by atoms with E-state index in [0.717, 1.165) is 6.42 Å². The molecule has 0 aliphatic carbocycles. The fourth-order valence-electron chi connectivity index (χ4n) is 1.88. The third-order valence-electron chi connectivity index (χ3n) is 2.85. The molecule has 3 heterocycles. The topological polar surface area (TPSA) is 82.5 Å². The van der Waals surface area contributed by atoms with E-state index in [-0.39, 0.29) is 6.04 Å². The number of rotatable bonds is 4. The molecule has 0 saturated carbocycles. The molecule has 0 bridgehead atoms. The molecule has 1 atom stereocenters. The van der Waals surface area contributed by atoms with Gasteiger partial charge >= 0.3 is 0 Å². The maximum Gasteiger partial charge on any atom is 0.251 e. The first kappa shape index (κ1) is 12.4. The van der Waals surface area contributed by atoms with Crippen molar-refractivity contribution >= 4 is 0 Å². The fraction of sp³-hybridized carbons (Fsp3) is 0.250. The fourth-order valence-corrected chi connectivity index (χ4v) is 1.88. The highest BCUT2D eigenvalue weighted by molar-refractivity contribution is 5.52. The molecule has 0 radical (unpaired) electrons. The van der Waals surface area contributed by atoms with Crippen LogP contribution >= 0.6 is 0 Å². The Bertz CT molecular complexity index is 696. The first-order valence-electron chi connectivity index (χ1n) is 6.07. The molecular formula is C12H11FN6O. The van der Waals surface area contributed by atoms with Crippen molar-refractivity contribution in [1.82, 2.24) is 29.9 Å². The number of halogens is 1. The number of hydrogen-bond acceptors (Lipinski definition) is 6. The molecule has 3 aromatic rings. The molecule has 0 aliphatic heterocycles. The van der Waals surface area contributed by atoms with Gasteiger partial charge in [-0.1, -0.05) is 12.1 Å². The minimum atomic E-state index is -0.586. The Morgan fingerprint density at radius 3 is 3.05 bits per heavy atom. The van der Waals surface area contributed by atoms with Crippen LogP contribution in [-0.4, -0.2) is 29.9 Å². The predicted molar refractivity (Wildman–Crippen MR) is 65.9 cm³/mol. The summed E-state index contributed by atoms with van der Waals surface area (Å²) in [6.45, 7) is 1.97. The molecule has 102 valence electrons. The van der Waals surface area contributed by atoms with Gasteiger partial charge in [0, 0.05) is 17.8 Å². The monoisotopic (exact) mass is 274 g/mol. The van der Waals surface area contributed by atoms with Gasteiger partial charge in [0.25, 0.3) is 5.89 Å². The molecule has 20 heavy (non-hydrogen) atoms. The zero-order chi connectivity index (χ0) is 13.9. The van der Waals surface area contributed by atoms with Crippen LogP contribution in [0.15, 0.2) is 35.5 Å². The smallest absolute Gasteiger partial charge is 0.251 e. The molecule has 0 aliphatic rings. The Balaban J connectivity index is 1.93. The molecule has 3 rings (SSSR count). The molecule has 0 N–H and O–H groups in total. The largest absolute Gasteiger partial charge is 0.337 e. The first-order valence-corrected chi connectivity index (χ1v) is 6.07. The molecule has 1 unspecified atom stereocenters. The summed E-state index contributed by atoms with van der Waals surface area (Å²) in [5.74, 6) is 0.141. The predicted octanol–water partition coefficient (Wildman–Crippen LogP) is 1.86. The normalized spacial score (nSPS) is 12.5. The summed E-state index contributed by atoms with van der Waals surface area (Å²) >= 11 is 0. The molecule has 8 heteroatoms. The van der Waals surface area contributed by atoms with Crippen molar-refractivity contribution in [3.8, 4) is 11.4 Å². The quantitative estimate of drug-likeness (QED) is 0.675. The van der Waals surface area contributed by atoms with E-state index in [2.05, 4.69) is 25.2 Å². The van der Waals surface area contributed by atoms with Crippen LogP contribution in [0, 0.1) is 5.95 Å². The molecular weight excluding hydrogens is 263 g/mol. The maximum absolute atomic E-state index is 13.1. The molecule has 0 spiro atoms. The second kappa shape index (κ2) is 5.16. The van der Waals surface area contributed by atoms with Gasteiger partial charge in [0.15, 0.2) is 0 Å².